The Morgan fingerprint density at radius 2 is 2.05 bits per heavy atom. The molecule has 0 fully saturated rings. The number of carbonyl (C=O) groups is 2. The first-order valence-corrected chi connectivity index (χ1v) is 6.19. The molecule has 0 saturated heterocycles. The highest BCUT2D eigenvalue weighted by molar-refractivity contribution is 5.95. The standard InChI is InChI=1S/C15H18O4/c1-3-19-15(18)9-7-13(16)6-4-12-5-8-14(17)11(2)10-12/h4-6,8,10,17H,3,7,9H2,1-2H3/b6-4+. The van der Waals surface area contributed by atoms with Gasteiger partial charge in [0.25, 0.3) is 0 Å². The minimum Gasteiger partial charge on any atom is -0.508 e. The number of aromatic hydroxyl groups is 1. The molecule has 1 aromatic carbocycles. The third-order valence-electron chi connectivity index (χ3n) is 2.56. The number of allylic oxidation sites excluding steroid dienone is 1. The lowest BCUT2D eigenvalue weighted by molar-refractivity contribution is -0.144. The number of hydrogen-bond acceptors (Lipinski definition) is 4. The summed E-state index contributed by atoms with van der Waals surface area (Å²) in [4.78, 5) is 22.6. The van der Waals surface area contributed by atoms with E-state index in [1.54, 1.807) is 38.1 Å². The van der Waals surface area contributed by atoms with Crippen molar-refractivity contribution in [3.8, 4) is 5.75 Å². The van der Waals surface area contributed by atoms with Crippen LogP contribution in [0.4, 0.5) is 0 Å². The zero-order valence-electron chi connectivity index (χ0n) is 11.2. The van der Waals surface area contributed by atoms with Crippen molar-refractivity contribution in [2.75, 3.05) is 6.61 Å². The summed E-state index contributed by atoms with van der Waals surface area (Å²) in [6, 6.07) is 5.08. The highest BCUT2D eigenvalue weighted by atomic mass is 16.5. The van der Waals surface area contributed by atoms with Crippen LogP contribution in [0.25, 0.3) is 6.08 Å². The van der Waals surface area contributed by atoms with Gasteiger partial charge in [-0.1, -0.05) is 12.1 Å². The first kappa shape index (κ1) is 15.0. The molecule has 19 heavy (non-hydrogen) atoms. The molecule has 4 heteroatoms. The van der Waals surface area contributed by atoms with Crippen molar-refractivity contribution in [1.29, 1.82) is 0 Å². The molecule has 0 aliphatic carbocycles. The molecular formula is C15H18O4. The largest absolute Gasteiger partial charge is 0.508 e. The topological polar surface area (TPSA) is 63.6 Å². The molecule has 0 aliphatic heterocycles. The van der Waals surface area contributed by atoms with Crippen LogP contribution in [0, 0.1) is 6.92 Å². The van der Waals surface area contributed by atoms with Crippen LogP contribution in [-0.4, -0.2) is 23.5 Å². The maximum absolute atomic E-state index is 11.5. The molecular weight excluding hydrogens is 244 g/mol. The quantitative estimate of drug-likeness (QED) is 0.632. The molecule has 0 unspecified atom stereocenters. The monoisotopic (exact) mass is 262 g/mol. The lowest BCUT2D eigenvalue weighted by atomic mass is 10.1. The molecule has 0 aliphatic rings. The van der Waals surface area contributed by atoms with E-state index in [-0.39, 0.29) is 30.3 Å². The van der Waals surface area contributed by atoms with E-state index >= 15 is 0 Å². The van der Waals surface area contributed by atoms with Gasteiger partial charge in [-0.3, -0.25) is 9.59 Å². The Hall–Kier alpha value is -2.10. The van der Waals surface area contributed by atoms with Gasteiger partial charge in [-0.25, -0.2) is 0 Å². The summed E-state index contributed by atoms with van der Waals surface area (Å²) in [5, 5.41) is 9.37. The Bertz CT molecular complexity index is 489. The fourth-order valence-electron chi connectivity index (χ4n) is 1.51. The predicted molar refractivity (Wildman–Crippen MR) is 72.8 cm³/mol. The van der Waals surface area contributed by atoms with Crippen molar-refractivity contribution in [3.05, 3.63) is 35.4 Å². The van der Waals surface area contributed by atoms with Gasteiger partial charge in [-0.15, -0.1) is 0 Å². The van der Waals surface area contributed by atoms with Crippen LogP contribution in [0.5, 0.6) is 5.75 Å². The van der Waals surface area contributed by atoms with Crippen LogP contribution in [-0.2, 0) is 14.3 Å². The average Bonchev–Trinajstić information content (AvgIpc) is 2.38. The fraction of sp³-hybridized carbons (Fsp3) is 0.333. The number of phenolic OH excluding ortho intramolecular Hbond substituents is 1. The number of hydrogen-bond donors (Lipinski definition) is 1. The average molecular weight is 262 g/mol. The Morgan fingerprint density at radius 3 is 2.68 bits per heavy atom. The van der Waals surface area contributed by atoms with Gasteiger partial charge in [0, 0.05) is 6.42 Å². The molecule has 1 N–H and O–H groups in total. The van der Waals surface area contributed by atoms with Gasteiger partial charge in [0.2, 0.25) is 0 Å². The third-order valence-corrected chi connectivity index (χ3v) is 2.56. The Labute approximate surface area is 112 Å². The maximum Gasteiger partial charge on any atom is 0.306 e. The van der Waals surface area contributed by atoms with E-state index in [1.165, 1.54) is 6.08 Å². The lowest BCUT2D eigenvalue weighted by Crippen LogP contribution is -2.06. The van der Waals surface area contributed by atoms with Crippen molar-refractivity contribution < 1.29 is 19.4 Å². The van der Waals surface area contributed by atoms with E-state index in [9.17, 15) is 14.7 Å². The van der Waals surface area contributed by atoms with E-state index in [0.717, 1.165) is 11.1 Å². The SMILES string of the molecule is CCOC(=O)CCC(=O)/C=C/c1ccc(O)c(C)c1. The molecule has 0 heterocycles. The molecule has 1 rings (SSSR count). The van der Waals surface area contributed by atoms with Crippen molar-refractivity contribution >= 4 is 17.8 Å². The summed E-state index contributed by atoms with van der Waals surface area (Å²) in [6.45, 7) is 3.84. The van der Waals surface area contributed by atoms with Gasteiger partial charge >= 0.3 is 5.97 Å². The molecule has 0 saturated carbocycles. The van der Waals surface area contributed by atoms with Crippen LogP contribution in [0.2, 0.25) is 0 Å². The maximum atomic E-state index is 11.5. The molecule has 1 aromatic rings. The second-order valence-corrected chi connectivity index (χ2v) is 4.15. The number of ether oxygens (including phenoxy) is 1. The van der Waals surface area contributed by atoms with E-state index < -0.39 is 0 Å². The summed E-state index contributed by atoms with van der Waals surface area (Å²) < 4.78 is 4.74. The second kappa shape index (κ2) is 7.36. The van der Waals surface area contributed by atoms with E-state index in [0.29, 0.717) is 6.61 Å². The van der Waals surface area contributed by atoms with Crippen molar-refractivity contribution in [3.63, 3.8) is 0 Å². The molecule has 4 nitrogen and oxygen atoms in total. The number of benzene rings is 1. The van der Waals surface area contributed by atoms with Gasteiger partial charge in [-0.2, -0.15) is 0 Å². The van der Waals surface area contributed by atoms with Gasteiger partial charge in [0.1, 0.15) is 5.75 Å². The Kier molecular flexibility index (Phi) is 5.79. The molecule has 0 atom stereocenters. The van der Waals surface area contributed by atoms with Crippen LogP contribution in [0.3, 0.4) is 0 Å². The van der Waals surface area contributed by atoms with Crippen LogP contribution >= 0.6 is 0 Å². The summed E-state index contributed by atoms with van der Waals surface area (Å²) in [6.07, 6.45) is 3.35. The molecule has 0 bridgehead atoms. The zero-order chi connectivity index (χ0) is 14.3. The summed E-state index contributed by atoms with van der Waals surface area (Å²) in [7, 11) is 0. The number of carbonyl (C=O) groups excluding carboxylic acids is 2. The third kappa shape index (κ3) is 5.38. The molecule has 0 amide bonds. The highest BCUT2D eigenvalue weighted by Crippen LogP contribution is 2.17. The molecule has 0 aromatic heterocycles. The van der Waals surface area contributed by atoms with Crippen LogP contribution < -0.4 is 0 Å². The van der Waals surface area contributed by atoms with Gasteiger partial charge in [-0.05, 0) is 43.2 Å². The van der Waals surface area contributed by atoms with Crippen molar-refractivity contribution in [2.24, 2.45) is 0 Å². The van der Waals surface area contributed by atoms with Crippen molar-refractivity contribution in [2.45, 2.75) is 26.7 Å². The molecule has 0 spiro atoms. The Balaban J connectivity index is 2.49. The number of rotatable bonds is 6. The number of ketones is 1. The summed E-state index contributed by atoms with van der Waals surface area (Å²) in [5.41, 5.74) is 1.58. The van der Waals surface area contributed by atoms with Gasteiger partial charge in [0.05, 0.1) is 13.0 Å². The molecule has 0 radical (unpaired) electrons. The lowest BCUT2D eigenvalue weighted by Gasteiger charge is -2.00. The summed E-state index contributed by atoms with van der Waals surface area (Å²) in [5.74, 6) is -0.255. The number of esters is 1. The predicted octanol–water partition coefficient (Wildman–Crippen LogP) is 2.63. The second-order valence-electron chi connectivity index (χ2n) is 4.15. The van der Waals surface area contributed by atoms with E-state index in [2.05, 4.69) is 0 Å². The van der Waals surface area contributed by atoms with Gasteiger partial charge in [0.15, 0.2) is 5.78 Å². The van der Waals surface area contributed by atoms with Crippen LogP contribution in [0.15, 0.2) is 24.3 Å². The normalized spacial score (nSPS) is 10.6. The van der Waals surface area contributed by atoms with E-state index in [4.69, 9.17) is 4.74 Å². The van der Waals surface area contributed by atoms with E-state index in [1.807, 2.05) is 0 Å². The van der Waals surface area contributed by atoms with Crippen LogP contribution in [0.1, 0.15) is 30.9 Å². The highest BCUT2D eigenvalue weighted by Gasteiger charge is 2.05. The summed E-state index contributed by atoms with van der Waals surface area (Å²) >= 11 is 0. The van der Waals surface area contributed by atoms with Crippen molar-refractivity contribution in [1.82, 2.24) is 0 Å². The Morgan fingerprint density at radius 1 is 1.32 bits per heavy atom. The smallest absolute Gasteiger partial charge is 0.306 e. The first-order valence-electron chi connectivity index (χ1n) is 6.19. The first-order chi connectivity index (χ1) is 9.02. The zero-order valence-corrected chi connectivity index (χ0v) is 11.2. The minimum atomic E-state index is -0.357. The fourth-order valence-corrected chi connectivity index (χ4v) is 1.51. The molecule has 102 valence electrons. The van der Waals surface area contributed by atoms with Gasteiger partial charge < -0.3 is 9.84 Å². The number of phenols is 1. The minimum absolute atomic E-state index is 0.103. The number of aryl methyl sites for hydroxylation is 1.